The monoisotopic (exact) mass is 566 g/mol. The third-order valence-electron chi connectivity index (χ3n) is 2.74. The zero-order chi connectivity index (χ0) is 12.4. The topological polar surface area (TPSA) is 40.7 Å². The molecular formula is C14H12BrCl2N3Pt. The Morgan fingerprint density at radius 1 is 1.00 bits per heavy atom. The van der Waals surface area contributed by atoms with E-state index in [1.807, 2.05) is 48.5 Å². The molecule has 0 fully saturated rings. The molecule has 0 saturated heterocycles. The molecule has 0 unspecified atom stereocenters. The second-order valence-electron chi connectivity index (χ2n) is 4.06. The van der Waals surface area contributed by atoms with E-state index in [-0.39, 0.29) is 45.9 Å². The maximum Gasteiger partial charge on any atom is 2.00 e. The number of benzene rings is 2. The number of imidazole rings is 1. The summed E-state index contributed by atoms with van der Waals surface area (Å²) in [5.41, 5.74) is 3.16. The molecule has 1 aromatic heterocycles. The summed E-state index contributed by atoms with van der Waals surface area (Å²) in [7, 11) is 0. The van der Waals surface area contributed by atoms with Crippen molar-refractivity contribution in [1.29, 1.82) is 0 Å². The number of rotatable bonds is 3. The van der Waals surface area contributed by atoms with E-state index in [4.69, 9.17) is 0 Å². The first-order valence-electron chi connectivity index (χ1n) is 5.74. The molecule has 0 amide bonds. The first kappa shape index (κ1) is 20.5. The molecule has 7 heteroatoms. The van der Waals surface area contributed by atoms with Gasteiger partial charge in [-0.1, -0.05) is 28.1 Å². The van der Waals surface area contributed by atoms with Crippen LogP contribution in [0.1, 0.15) is 5.82 Å². The van der Waals surface area contributed by atoms with Gasteiger partial charge in [-0.2, -0.15) is 0 Å². The van der Waals surface area contributed by atoms with Crippen molar-refractivity contribution in [1.82, 2.24) is 9.97 Å². The standard InChI is InChI=1S/C14H12BrN3.2ClH.Pt/c15-10-5-7-11(8-6-10)16-9-14-17-12-3-1-2-4-13(12)18-14;;;/h1-8,16H,9H2,(H,17,18);2*1H;/q;;;+2/p-2. The van der Waals surface area contributed by atoms with Crippen molar-refractivity contribution in [3.8, 4) is 0 Å². The van der Waals surface area contributed by atoms with Gasteiger partial charge < -0.3 is 35.1 Å². The summed E-state index contributed by atoms with van der Waals surface area (Å²) < 4.78 is 1.08. The Morgan fingerprint density at radius 2 is 1.67 bits per heavy atom. The SMILES string of the molecule is Brc1ccc(NCc2nc3ccccc3[nH]2)cc1.[Cl-].[Cl-].[Pt+2]. The predicted octanol–water partition coefficient (Wildman–Crippen LogP) is -2.06. The molecule has 21 heavy (non-hydrogen) atoms. The second-order valence-corrected chi connectivity index (χ2v) is 4.98. The maximum absolute atomic E-state index is 4.52. The molecule has 0 bridgehead atoms. The fourth-order valence-corrected chi connectivity index (χ4v) is 2.11. The Morgan fingerprint density at radius 3 is 2.33 bits per heavy atom. The summed E-state index contributed by atoms with van der Waals surface area (Å²) in [6.07, 6.45) is 0. The van der Waals surface area contributed by atoms with Crippen molar-refractivity contribution in [2.45, 2.75) is 6.54 Å². The molecule has 2 aromatic carbocycles. The predicted molar refractivity (Wildman–Crippen MR) is 77.6 cm³/mol. The van der Waals surface area contributed by atoms with E-state index in [0.29, 0.717) is 6.54 Å². The van der Waals surface area contributed by atoms with E-state index in [1.165, 1.54) is 0 Å². The number of nitrogens with zero attached hydrogens (tertiary/aromatic N) is 1. The van der Waals surface area contributed by atoms with Gasteiger partial charge in [0.25, 0.3) is 0 Å². The summed E-state index contributed by atoms with van der Waals surface area (Å²) in [5.74, 6) is 0.944. The minimum atomic E-state index is 0. The number of anilines is 1. The number of hydrogen-bond acceptors (Lipinski definition) is 2. The van der Waals surface area contributed by atoms with Crippen LogP contribution < -0.4 is 30.1 Å². The maximum atomic E-state index is 4.52. The van der Waals surface area contributed by atoms with Crippen LogP contribution >= 0.6 is 15.9 Å². The number of H-pyrrole nitrogens is 1. The second kappa shape index (κ2) is 9.47. The quantitative estimate of drug-likeness (QED) is 0.382. The average Bonchev–Trinajstić information content (AvgIpc) is 2.81. The molecule has 114 valence electrons. The minimum Gasteiger partial charge on any atom is -1.00 e. The molecule has 0 saturated carbocycles. The zero-order valence-electron chi connectivity index (χ0n) is 10.7. The normalized spacial score (nSPS) is 9.19. The number of fused-ring (bicyclic) bond motifs is 1. The molecular weight excluding hydrogens is 556 g/mol. The number of halogens is 3. The fraction of sp³-hybridized carbons (Fsp3) is 0.0714. The molecule has 0 aliphatic heterocycles. The summed E-state index contributed by atoms with van der Waals surface area (Å²) in [6, 6.07) is 16.1. The number of nitrogens with one attached hydrogen (secondary N) is 2. The van der Waals surface area contributed by atoms with Crippen molar-refractivity contribution >= 4 is 32.7 Å². The largest absolute Gasteiger partial charge is 2.00 e. The molecule has 3 nitrogen and oxygen atoms in total. The van der Waals surface area contributed by atoms with Gasteiger partial charge in [0, 0.05) is 10.2 Å². The van der Waals surface area contributed by atoms with Gasteiger partial charge in [-0.3, -0.25) is 0 Å². The Bertz CT molecular complexity index is 640. The summed E-state index contributed by atoms with van der Waals surface area (Å²) in [5, 5.41) is 3.33. The van der Waals surface area contributed by atoms with Crippen molar-refractivity contribution in [3.63, 3.8) is 0 Å². The average molecular weight is 568 g/mol. The molecule has 0 atom stereocenters. The third-order valence-corrected chi connectivity index (χ3v) is 3.27. The molecule has 2 N–H and O–H groups in total. The van der Waals surface area contributed by atoms with E-state index in [9.17, 15) is 0 Å². The van der Waals surface area contributed by atoms with Crippen LogP contribution in [-0.4, -0.2) is 9.97 Å². The van der Waals surface area contributed by atoms with Crippen LogP contribution in [0.4, 0.5) is 5.69 Å². The van der Waals surface area contributed by atoms with E-state index in [1.54, 1.807) is 0 Å². The van der Waals surface area contributed by atoms with Crippen LogP contribution in [-0.2, 0) is 27.6 Å². The number of para-hydroxylation sites is 2. The summed E-state index contributed by atoms with van der Waals surface area (Å²) in [6.45, 7) is 0.691. The third kappa shape index (κ3) is 5.30. The Balaban J connectivity index is 0.00000133. The zero-order valence-corrected chi connectivity index (χ0v) is 16.1. The van der Waals surface area contributed by atoms with Crippen LogP contribution in [0.3, 0.4) is 0 Å². The number of aromatic nitrogens is 2. The van der Waals surface area contributed by atoms with E-state index in [2.05, 4.69) is 31.2 Å². The van der Waals surface area contributed by atoms with Gasteiger partial charge in [0.15, 0.2) is 0 Å². The van der Waals surface area contributed by atoms with Gasteiger partial charge in [0.2, 0.25) is 0 Å². The van der Waals surface area contributed by atoms with Crippen molar-refractivity contribution in [2.24, 2.45) is 0 Å². The molecule has 3 aromatic rings. The number of aromatic amines is 1. The van der Waals surface area contributed by atoms with Gasteiger partial charge in [-0.15, -0.1) is 0 Å². The van der Waals surface area contributed by atoms with Crippen LogP contribution in [0, 0.1) is 0 Å². The van der Waals surface area contributed by atoms with Crippen molar-refractivity contribution in [2.75, 3.05) is 5.32 Å². The molecule has 3 rings (SSSR count). The molecule has 0 radical (unpaired) electrons. The van der Waals surface area contributed by atoms with Gasteiger partial charge in [0.05, 0.1) is 17.6 Å². The van der Waals surface area contributed by atoms with Gasteiger partial charge >= 0.3 is 21.1 Å². The van der Waals surface area contributed by atoms with Crippen LogP contribution in [0.25, 0.3) is 11.0 Å². The van der Waals surface area contributed by atoms with E-state index >= 15 is 0 Å². The Hall–Kier alpha value is -0.542. The molecule has 0 aliphatic rings. The number of hydrogen-bond donors (Lipinski definition) is 2. The van der Waals surface area contributed by atoms with Gasteiger partial charge in [-0.25, -0.2) is 4.98 Å². The Labute approximate surface area is 158 Å². The fourth-order valence-electron chi connectivity index (χ4n) is 1.84. The van der Waals surface area contributed by atoms with Crippen molar-refractivity contribution < 1.29 is 45.9 Å². The van der Waals surface area contributed by atoms with E-state index < -0.39 is 0 Å². The molecule has 1 heterocycles. The smallest absolute Gasteiger partial charge is 1.00 e. The minimum absolute atomic E-state index is 0. The summed E-state index contributed by atoms with van der Waals surface area (Å²) in [4.78, 5) is 7.81. The van der Waals surface area contributed by atoms with Gasteiger partial charge in [0.1, 0.15) is 5.82 Å². The first-order chi connectivity index (χ1) is 8.81. The first-order valence-corrected chi connectivity index (χ1v) is 6.54. The van der Waals surface area contributed by atoms with Crippen LogP contribution in [0.5, 0.6) is 0 Å². The van der Waals surface area contributed by atoms with E-state index in [0.717, 1.165) is 27.0 Å². The summed E-state index contributed by atoms with van der Waals surface area (Å²) >= 11 is 3.42. The Kier molecular flexibility index (Phi) is 9.23. The molecule has 0 spiro atoms. The molecule has 0 aliphatic carbocycles. The van der Waals surface area contributed by atoms with Crippen LogP contribution in [0.15, 0.2) is 53.0 Å². The van der Waals surface area contributed by atoms with Crippen LogP contribution in [0.2, 0.25) is 0 Å². The van der Waals surface area contributed by atoms with Crippen molar-refractivity contribution in [3.05, 3.63) is 58.8 Å². The van der Waals surface area contributed by atoms with Gasteiger partial charge in [-0.05, 0) is 36.4 Å².